The molecule has 0 unspecified atom stereocenters. The molecule has 4 aromatic rings. The number of aliphatic hydroxyl groups is 1. The topological polar surface area (TPSA) is 164 Å². The van der Waals surface area contributed by atoms with E-state index in [2.05, 4.69) is 30.3 Å². The van der Waals surface area contributed by atoms with Gasteiger partial charge in [-0.2, -0.15) is 13.2 Å². The average molecular weight is 532 g/mol. The number of hydrogen-bond acceptors (Lipinski definition) is 10. The number of aromatic hydroxyl groups is 1. The van der Waals surface area contributed by atoms with Gasteiger partial charge < -0.3 is 30.1 Å². The van der Waals surface area contributed by atoms with Crippen LogP contribution in [0.15, 0.2) is 47.6 Å². The maximum Gasteiger partial charge on any atom is 0.437 e. The SMILES string of the molecule is O=C(CNC(=O)c1ccc(Nc2nccn3c(-c4conc4C(F)(F)F)cnc23)cc1O)OC1CC(O)C1. The van der Waals surface area contributed by atoms with E-state index >= 15 is 0 Å². The van der Waals surface area contributed by atoms with Crippen LogP contribution in [0.1, 0.15) is 28.9 Å². The van der Waals surface area contributed by atoms with Gasteiger partial charge in [0.15, 0.2) is 17.2 Å². The molecule has 15 heteroatoms. The van der Waals surface area contributed by atoms with Crippen LogP contribution in [-0.2, 0) is 15.7 Å². The molecule has 1 aliphatic carbocycles. The van der Waals surface area contributed by atoms with Gasteiger partial charge in [0.1, 0.15) is 24.7 Å². The van der Waals surface area contributed by atoms with Crippen molar-refractivity contribution in [1.82, 2.24) is 24.8 Å². The lowest BCUT2D eigenvalue weighted by atomic mass is 9.92. The molecule has 0 bridgehead atoms. The van der Waals surface area contributed by atoms with Crippen molar-refractivity contribution in [3.8, 4) is 17.0 Å². The predicted molar refractivity (Wildman–Crippen MR) is 122 cm³/mol. The highest BCUT2D eigenvalue weighted by Crippen LogP contribution is 2.37. The summed E-state index contributed by atoms with van der Waals surface area (Å²) in [6.07, 6.45) is -0.0377. The lowest BCUT2D eigenvalue weighted by molar-refractivity contribution is -0.157. The van der Waals surface area contributed by atoms with Crippen LogP contribution in [0.3, 0.4) is 0 Å². The number of imidazole rings is 1. The van der Waals surface area contributed by atoms with Crippen LogP contribution in [0.2, 0.25) is 0 Å². The number of phenols is 1. The van der Waals surface area contributed by atoms with Crippen LogP contribution in [0.5, 0.6) is 5.75 Å². The number of carbonyl (C=O) groups excluding carboxylic acids is 2. The lowest BCUT2D eigenvalue weighted by Gasteiger charge is -2.30. The van der Waals surface area contributed by atoms with E-state index in [0.29, 0.717) is 18.5 Å². The lowest BCUT2D eigenvalue weighted by Crippen LogP contribution is -2.39. The molecule has 0 aliphatic heterocycles. The molecule has 198 valence electrons. The number of alkyl halides is 3. The van der Waals surface area contributed by atoms with Gasteiger partial charge in [0.2, 0.25) is 0 Å². The summed E-state index contributed by atoms with van der Waals surface area (Å²) in [6.45, 7) is -0.415. The Morgan fingerprint density at radius 2 is 2.03 bits per heavy atom. The number of ether oxygens (including phenoxy) is 1. The van der Waals surface area contributed by atoms with Crippen molar-refractivity contribution >= 4 is 29.0 Å². The minimum absolute atomic E-state index is 0.0703. The van der Waals surface area contributed by atoms with Crippen molar-refractivity contribution in [3.63, 3.8) is 0 Å². The van der Waals surface area contributed by atoms with Crippen molar-refractivity contribution in [1.29, 1.82) is 0 Å². The molecular formula is C23H19F3N6O6. The summed E-state index contributed by atoms with van der Waals surface area (Å²) in [5, 5.41) is 27.9. The van der Waals surface area contributed by atoms with Crippen LogP contribution in [0.25, 0.3) is 16.9 Å². The van der Waals surface area contributed by atoms with E-state index in [4.69, 9.17) is 4.74 Å². The first kappa shape index (κ1) is 25.0. The monoisotopic (exact) mass is 532 g/mol. The zero-order chi connectivity index (χ0) is 27.0. The minimum atomic E-state index is -4.73. The van der Waals surface area contributed by atoms with Gasteiger partial charge in [-0.1, -0.05) is 5.16 Å². The maximum atomic E-state index is 13.3. The van der Waals surface area contributed by atoms with Crippen LogP contribution in [-0.4, -0.2) is 60.4 Å². The number of nitrogens with one attached hydrogen (secondary N) is 2. The number of halogens is 3. The van der Waals surface area contributed by atoms with Crippen molar-refractivity contribution in [3.05, 3.63) is 54.3 Å². The van der Waals surface area contributed by atoms with Crippen molar-refractivity contribution < 1.29 is 42.2 Å². The number of amides is 1. The third-order valence-electron chi connectivity index (χ3n) is 5.81. The Morgan fingerprint density at radius 3 is 2.74 bits per heavy atom. The number of carbonyl (C=O) groups is 2. The van der Waals surface area contributed by atoms with Crippen LogP contribution in [0.4, 0.5) is 24.7 Å². The summed E-state index contributed by atoms with van der Waals surface area (Å²) < 4.78 is 50.8. The first-order valence-electron chi connectivity index (χ1n) is 11.2. The molecule has 0 atom stereocenters. The standard InChI is InChI=1S/C23H19F3N6O6/c24-23(25,26)19-15(10-37-31-19)16-8-28-21-20(27-3-4-32(16)21)30-11-1-2-14(17(34)5-11)22(36)29-9-18(35)38-13-6-12(33)7-13/h1-5,8,10,12-13,33-34H,6-7,9H2,(H,27,30)(H,29,36). The number of rotatable bonds is 7. The van der Waals surface area contributed by atoms with E-state index in [1.165, 1.54) is 41.2 Å². The Labute approximate surface area is 211 Å². The molecule has 3 heterocycles. The highest BCUT2D eigenvalue weighted by molar-refractivity contribution is 5.98. The number of fused-ring (bicyclic) bond motifs is 1. The van der Waals surface area contributed by atoms with E-state index in [1.54, 1.807) is 0 Å². The second-order valence-corrected chi connectivity index (χ2v) is 8.46. The smallest absolute Gasteiger partial charge is 0.437 e. The summed E-state index contributed by atoms with van der Waals surface area (Å²) in [4.78, 5) is 32.5. The third-order valence-corrected chi connectivity index (χ3v) is 5.81. The van der Waals surface area contributed by atoms with E-state index in [0.717, 1.165) is 6.26 Å². The summed E-state index contributed by atoms with van der Waals surface area (Å²) in [6, 6.07) is 4.00. The van der Waals surface area contributed by atoms with Crippen LogP contribution < -0.4 is 10.6 Å². The Morgan fingerprint density at radius 1 is 1.24 bits per heavy atom. The molecule has 3 aromatic heterocycles. The number of aromatic nitrogens is 4. The molecule has 12 nitrogen and oxygen atoms in total. The number of phenolic OH excluding ortho intramolecular Hbond substituents is 1. The molecular weight excluding hydrogens is 513 g/mol. The van der Waals surface area contributed by atoms with Crippen LogP contribution in [0, 0.1) is 0 Å². The Bertz CT molecular complexity index is 1510. The van der Waals surface area contributed by atoms with Gasteiger partial charge in [0.05, 0.1) is 29.1 Å². The van der Waals surface area contributed by atoms with E-state index in [-0.39, 0.29) is 34.4 Å². The summed E-state index contributed by atoms with van der Waals surface area (Å²) in [5.41, 5.74) is -1.06. The molecule has 38 heavy (non-hydrogen) atoms. The summed E-state index contributed by atoms with van der Waals surface area (Å²) >= 11 is 0. The molecule has 1 aliphatic rings. The molecule has 0 radical (unpaired) electrons. The molecule has 0 spiro atoms. The van der Waals surface area contributed by atoms with Gasteiger partial charge in [0.25, 0.3) is 5.91 Å². The molecule has 1 amide bonds. The van der Waals surface area contributed by atoms with Crippen molar-refractivity contribution in [2.75, 3.05) is 11.9 Å². The Hall–Kier alpha value is -4.66. The molecule has 1 saturated carbocycles. The van der Waals surface area contributed by atoms with E-state index in [9.17, 15) is 33.0 Å². The quantitative estimate of drug-likeness (QED) is 0.260. The fourth-order valence-electron chi connectivity index (χ4n) is 3.88. The fourth-order valence-corrected chi connectivity index (χ4v) is 3.88. The molecule has 0 saturated heterocycles. The first-order valence-corrected chi connectivity index (χ1v) is 11.2. The molecule has 1 aromatic carbocycles. The average Bonchev–Trinajstić information content (AvgIpc) is 3.49. The third kappa shape index (κ3) is 4.95. The summed E-state index contributed by atoms with van der Waals surface area (Å²) in [5.74, 6) is -1.63. The highest BCUT2D eigenvalue weighted by atomic mass is 19.4. The largest absolute Gasteiger partial charge is 0.507 e. The molecule has 4 N–H and O–H groups in total. The van der Waals surface area contributed by atoms with Gasteiger partial charge in [-0.15, -0.1) is 0 Å². The Balaban J connectivity index is 1.29. The van der Waals surface area contributed by atoms with Gasteiger partial charge in [-0.25, -0.2) is 9.97 Å². The first-order chi connectivity index (χ1) is 18.1. The zero-order valence-electron chi connectivity index (χ0n) is 19.3. The number of hydrogen-bond donors (Lipinski definition) is 4. The molecule has 5 rings (SSSR count). The van der Waals surface area contributed by atoms with Crippen molar-refractivity contribution in [2.24, 2.45) is 0 Å². The van der Waals surface area contributed by atoms with E-state index < -0.39 is 42.1 Å². The Kier molecular flexibility index (Phi) is 6.36. The fraction of sp³-hybridized carbons (Fsp3) is 0.261. The number of aliphatic hydroxyl groups excluding tert-OH is 1. The number of benzene rings is 1. The minimum Gasteiger partial charge on any atom is -0.507 e. The normalized spacial score (nSPS) is 17.2. The molecule has 1 fully saturated rings. The second kappa shape index (κ2) is 9.66. The van der Waals surface area contributed by atoms with Gasteiger partial charge >= 0.3 is 12.1 Å². The van der Waals surface area contributed by atoms with Gasteiger partial charge in [0, 0.05) is 37.0 Å². The zero-order valence-corrected chi connectivity index (χ0v) is 19.3. The number of anilines is 2. The summed E-state index contributed by atoms with van der Waals surface area (Å²) in [7, 11) is 0. The predicted octanol–water partition coefficient (Wildman–Crippen LogP) is 2.65. The van der Waals surface area contributed by atoms with Gasteiger partial charge in [-0.05, 0) is 12.1 Å². The number of esters is 1. The second-order valence-electron chi connectivity index (χ2n) is 8.46. The van der Waals surface area contributed by atoms with Crippen molar-refractivity contribution in [2.45, 2.75) is 31.2 Å². The van der Waals surface area contributed by atoms with Gasteiger partial charge in [-0.3, -0.25) is 14.0 Å². The van der Waals surface area contributed by atoms with E-state index in [1.807, 2.05) is 0 Å². The van der Waals surface area contributed by atoms with Crippen LogP contribution >= 0.6 is 0 Å². The number of nitrogens with zero attached hydrogens (tertiary/aromatic N) is 4. The highest BCUT2D eigenvalue weighted by Gasteiger charge is 2.38. The maximum absolute atomic E-state index is 13.3.